The van der Waals surface area contributed by atoms with Crippen LogP contribution in [0.3, 0.4) is 0 Å². The van der Waals surface area contributed by atoms with E-state index in [0.29, 0.717) is 11.7 Å². The van der Waals surface area contributed by atoms with E-state index >= 15 is 0 Å². The van der Waals surface area contributed by atoms with E-state index in [4.69, 9.17) is 16.3 Å². The van der Waals surface area contributed by atoms with Crippen molar-refractivity contribution in [3.63, 3.8) is 0 Å². The summed E-state index contributed by atoms with van der Waals surface area (Å²) in [4.78, 5) is 17.8. The smallest absolute Gasteiger partial charge is 0.414 e. The van der Waals surface area contributed by atoms with Crippen molar-refractivity contribution in [2.75, 3.05) is 11.4 Å². The molecule has 98 valence electrons. The molecular weight excluding hydrogens is 252 g/mol. The van der Waals surface area contributed by atoms with Crippen molar-refractivity contribution < 1.29 is 9.53 Å². The maximum atomic E-state index is 12.1. The number of halogens is 1. The van der Waals surface area contributed by atoms with Crippen LogP contribution in [0.4, 0.5) is 10.5 Å². The molecule has 1 aromatic heterocycles. The molecule has 2 rings (SSSR count). The number of fused-ring (bicyclic) bond motifs is 1. The predicted molar refractivity (Wildman–Crippen MR) is 71.1 cm³/mol. The number of nitrogens with zero attached hydrogens (tertiary/aromatic N) is 2. The lowest BCUT2D eigenvalue weighted by Gasteiger charge is -2.31. The Bertz CT molecular complexity index is 469. The van der Waals surface area contributed by atoms with E-state index < -0.39 is 5.60 Å². The van der Waals surface area contributed by atoms with Crippen molar-refractivity contribution >= 4 is 23.4 Å². The number of aromatic nitrogens is 1. The Kier molecular flexibility index (Phi) is 3.48. The van der Waals surface area contributed by atoms with Crippen LogP contribution in [0.5, 0.6) is 0 Å². The van der Waals surface area contributed by atoms with Crippen molar-refractivity contribution in [1.82, 2.24) is 4.98 Å². The molecule has 18 heavy (non-hydrogen) atoms. The summed E-state index contributed by atoms with van der Waals surface area (Å²) in [7, 11) is 0. The Balaban J connectivity index is 2.28. The summed E-state index contributed by atoms with van der Waals surface area (Å²) >= 11 is 6.06. The predicted octanol–water partition coefficient (Wildman–Crippen LogP) is 3.42. The summed E-state index contributed by atoms with van der Waals surface area (Å²) in [5.74, 6) is 0. The van der Waals surface area contributed by atoms with Gasteiger partial charge in [-0.15, -0.1) is 0 Å². The molecule has 4 nitrogen and oxygen atoms in total. The van der Waals surface area contributed by atoms with E-state index in [-0.39, 0.29) is 6.09 Å². The number of carbonyl (C=O) groups is 1. The van der Waals surface area contributed by atoms with Crippen molar-refractivity contribution in [2.24, 2.45) is 0 Å². The van der Waals surface area contributed by atoms with Crippen molar-refractivity contribution in [3.8, 4) is 0 Å². The molecule has 2 heterocycles. The lowest BCUT2D eigenvalue weighted by molar-refractivity contribution is 0.0578. The zero-order chi connectivity index (χ0) is 13.3. The summed E-state index contributed by atoms with van der Waals surface area (Å²) in [6.45, 7) is 6.22. The summed E-state index contributed by atoms with van der Waals surface area (Å²) in [5.41, 5.74) is 1.25. The number of rotatable bonds is 0. The summed E-state index contributed by atoms with van der Waals surface area (Å²) in [6, 6.07) is 1.81. The average molecular weight is 269 g/mol. The summed E-state index contributed by atoms with van der Waals surface area (Å²) < 4.78 is 5.40. The lowest BCUT2D eigenvalue weighted by Crippen LogP contribution is -2.39. The molecule has 0 unspecified atom stereocenters. The zero-order valence-electron chi connectivity index (χ0n) is 10.9. The fourth-order valence-corrected chi connectivity index (χ4v) is 2.23. The Morgan fingerprint density at radius 1 is 1.50 bits per heavy atom. The van der Waals surface area contributed by atoms with Crippen molar-refractivity contribution in [1.29, 1.82) is 0 Å². The zero-order valence-corrected chi connectivity index (χ0v) is 11.6. The fraction of sp³-hybridized carbons (Fsp3) is 0.538. The van der Waals surface area contributed by atoms with Gasteiger partial charge in [0.1, 0.15) is 10.8 Å². The number of hydrogen-bond acceptors (Lipinski definition) is 3. The average Bonchev–Trinajstić information content (AvgIpc) is 2.26. The first-order valence-electron chi connectivity index (χ1n) is 6.02. The normalized spacial score (nSPS) is 15.2. The second-order valence-electron chi connectivity index (χ2n) is 5.33. The third-order valence-corrected chi connectivity index (χ3v) is 3.02. The highest BCUT2D eigenvalue weighted by Crippen LogP contribution is 2.31. The molecule has 0 N–H and O–H groups in total. The Labute approximate surface area is 112 Å². The van der Waals surface area contributed by atoms with Gasteiger partial charge in [-0.05, 0) is 39.7 Å². The van der Waals surface area contributed by atoms with Gasteiger partial charge in [0, 0.05) is 18.3 Å². The van der Waals surface area contributed by atoms with Crippen LogP contribution in [-0.2, 0) is 11.2 Å². The maximum absolute atomic E-state index is 12.1. The van der Waals surface area contributed by atoms with E-state index in [1.54, 1.807) is 11.1 Å². The molecule has 0 radical (unpaired) electrons. The molecule has 0 saturated carbocycles. The first-order chi connectivity index (χ1) is 8.38. The number of carbonyl (C=O) groups excluding carboxylic acids is 1. The van der Waals surface area contributed by atoms with Gasteiger partial charge in [0.05, 0.1) is 5.69 Å². The van der Waals surface area contributed by atoms with Crippen molar-refractivity contribution in [3.05, 3.63) is 23.0 Å². The minimum absolute atomic E-state index is 0.328. The Morgan fingerprint density at radius 2 is 2.22 bits per heavy atom. The Morgan fingerprint density at radius 3 is 2.89 bits per heavy atom. The van der Waals surface area contributed by atoms with Gasteiger partial charge in [0.2, 0.25) is 0 Å². The van der Waals surface area contributed by atoms with Crippen molar-refractivity contribution in [2.45, 2.75) is 39.2 Å². The van der Waals surface area contributed by atoms with Crippen LogP contribution in [-0.4, -0.2) is 23.2 Å². The standard InChI is InChI=1S/C13H17ClN2O2/c1-13(2,3)18-12(17)16-8-4-5-9-10(16)6-7-15-11(9)14/h6-7H,4-5,8H2,1-3H3. The molecule has 0 saturated heterocycles. The largest absolute Gasteiger partial charge is 0.443 e. The topological polar surface area (TPSA) is 42.4 Å². The number of pyridine rings is 1. The molecule has 0 atom stereocenters. The molecule has 1 aliphatic heterocycles. The third-order valence-electron chi connectivity index (χ3n) is 2.69. The first kappa shape index (κ1) is 13.1. The van der Waals surface area contributed by atoms with Crippen LogP contribution >= 0.6 is 11.6 Å². The summed E-state index contributed by atoms with van der Waals surface area (Å²) in [5, 5.41) is 0.473. The van der Waals surface area contributed by atoms with E-state index in [0.717, 1.165) is 24.1 Å². The van der Waals surface area contributed by atoms with Gasteiger partial charge in [-0.3, -0.25) is 4.90 Å². The molecule has 0 fully saturated rings. The minimum atomic E-state index is -0.495. The molecule has 0 spiro atoms. The quantitative estimate of drug-likeness (QED) is 0.677. The van der Waals surface area contributed by atoms with E-state index in [9.17, 15) is 4.79 Å². The SMILES string of the molecule is CC(C)(C)OC(=O)N1CCCc2c1ccnc2Cl. The molecule has 1 aromatic rings. The molecule has 5 heteroatoms. The van der Waals surface area contributed by atoms with Crippen LogP contribution in [0.1, 0.15) is 32.8 Å². The van der Waals surface area contributed by atoms with Crippen LogP contribution in [0, 0.1) is 0 Å². The third kappa shape index (κ3) is 2.75. The lowest BCUT2D eigenvalue weighted by atomic mass is 10.0. The number of anilines is 1. The monoisotopic (exact) mass is 268 g/mol. The number of amides is 1. The maximum Gasteiger partial charge on any atom is 0.414 e. The highest BCUT2D eigenvalue weighted by Gasteiger charge is 2.28. The molecule has 0 bridgehead atoms. The first-order valence-corrected chi connectivity index (χ1v) is 6.40. The number of hydrogen-bond donors (Lipinski definition) is 0. The molecule has 1 amide bonds. The van der Waals surface area contributed by atoms with E-state index in [2.05, 4.69) is 4.98 Å². The van der Waals surface area contributed by atoms with Gasteiger partial charge in [0.25, 0.3) is 0 Å². The second-order valence-corrected chi connectivity index (χ2v) is 5.69. The van der Waals surface area contributed by atoms with Gasteiger partial charge in [-0.1, -0.05) is 11.6 Å². The van der Waals surface area contributed by atoms with E-state index in [1.165, 1.54) is 0 Å². The van der Waals surface area contributed by atoms with Crippen LogP contribution in [0.15, 0.2) is 12.3 Å². The van der Waals surface area contributed by atoms with Gasteiger partial charge < -0.3 is 4.74 Å². The Hall–Kier alpha value is -1.29. The molecule has 0 aliphatic carbocycles. The number of ether oxygens (including phenoxy) is 1. The summed E-state index contributed by atoms with van der Waals surface area (Å²) in [6.07, 6.45) is 3.01. The second kappa shape index (κ2) is 4.76. The highest BCUT2D eigenvalue weighted by molar-refractivity contribution is 6.30. The van der Waals surface area contributed by atoms with Crippen LogP contribution in [0.25, 0.3) is 0 Å². The van der Waals surface area contributed by atoms with Gasteiger partial charge >= 0.3 is 6.09 Å². The fourth-order valence-electron chi connectivity index (χ4n) is 1.98. The van der Waals surface area contributed by atoms with E-state index in [1.807, 2.05) is 26.8 Å². The van der Waals surface area contributed by atoms with Gasteiger partial charge in [0.15, 0.2) is 0 Å². The van der Waals surface area contributed by atoms with Crippen LogP contribution < -0.4 is 4.90 Å². The highest BCUT2D eigenvalue weighted by atomic mass is 35.5. The van der Waals surface area contributed by atoms with Gasteiger partial charge in [-0.25, -0.2) is 9.78 Å². The molecule has 1 aliphatic rings. The van der Waals surface area contributed by atoms with Crippen LogP contribution in [0.2, 0.25) is 5.15 Å². The van der Waals surface area contributed by atoms with Gasteiger partial charge in [-0.2, -0.15) is 0 Å². The molecular formula is C13H17ClN2O2. The minimum Gasteiger partial charge on any atom is -0.443 e. The molecule has 0 aromatic carbocycles.